The zero-order valence-electron chi connectivity index (χ0n) is 8.48. The number of hydrogen-bond donors (Lipinski definition) is 1. The summed E-state index contributed by atoms with van der Waals surface area (Å²) in [7, 11) is -4.24. The van der Waals surface area contributed by atoms with E-state index in [0.29, 0.717) is 5.75 Å². The molecule has 0 saturated heterocycles. The van der Waals surface area contributed by atoms with Crippen molar-refractivity contribution in [3.05, 3.63) is 24.3 Å². The second-order valence-corrected chi connectivity index (χ2v) is 4.35. The van der Waals surface area contributed by atoms with Gasteiger partial charge in [0.2, 0.25) is 0 Å². The first-order valence-corrected chi connectivity index (χ1v) is 5.57. The van der Waals surface area contributed by atoms with Gasteiger partial charge in [-0.15, -0.1) is 4.28 Å². The van der Waals surface area contributed by atoms with Crippen LogP contribution >= 0.6 is 0 Å². The van der Waals surface area contributed by atoms with Crippen molar-refractivity contribution in [1.29, 1.82) is 0 Å². The van der Waals surface area contributed by atoms with Gasteiger partial charge in [0.1, 0.15) is 5.75 Å². The summed E-state index contributed by atoms with van der Waals surface area (Å²) in [5, 5.41) is 0. The van der Waals surface area contributed by atoms with Gasteiger partial charge in [0.25, 0.3) is 0 Å². The molecule has 0 fully saturated rings. The van der Waals surface area contributed by atoms with Gasteiger partial charge in [-0.1, -0.05) is 0 Å². The zero-order chi connectivity index (χ0) is 13.1. The van der Waals surface area contributed by atoms with Gasteiger partial charge in [0, 0.05) is 0 Å². The fourth-order valence-electron chi connectivity index (χ4n) is 0.809. The maximum Gasteiger partial charge on any atom is 0.525 e. The average Bonchev–Trinajstić information content (AvgIpc) is 2.25. The molecule has 0 aromatic heterocycles. The third kappa shape index (κ3) is 3.49. The van der Waals surface area contributed by atoms with Crippen molar-refractivity contribution in [1.82, 2.24) is 0 Å². The maximum absolute atomic E-state index is 11.9. The van der Waals surface area contributed by atoms with E-state index in [1.807, 2.05) is 0 Å². The topological polar surface area (TPSA) is 64.6 Å². The molecule has 0 saturated carbocycles. The highest BCUT2D eigenvalue weighted by Gasteiger charge is 2.48. The Balaban J connectivity index is 2.68. The first-order chi connectivity index (χ1) is 7.76. The van der Waals surface area contributed by atoms with Gasteiger partial charge in [0.15, 0.2) is 0 Å². The summed E-state index contributed by atoms with van der Waals surface area (Å²) < 4.78 is 65.1. The van der Waals surface area contributed by atoms with Crippen LogP contribution in [0.25, 0.3) is 0 Å². The molecule has 17 heavy (non-hydrogen) atoms. The van der Waals surface area contributed by atoms with Crippen molar-refractivity contribution >= 4 is 15.8 Å². The third-order valence-corrected chi connectivity index (χ3v) is 2.51. The van der Waals surface area contributed by atoms with Crippen LogP contribution in [0.5, 0.6) is 5.75 Å². The van der Waals surface area contributed by atoms with Gasteiger partial charge in [-0.05, 0) is 24.3 Å². The molecule has 9 heteroatoms. The summed E-state index contributed by atoms with van der Waals surface area (Å²) in [5.41, 5.74) is -3.75. The molecule has 0 aliphatic rings. The normalized spacial score (nSPS) is 12.2. The SMILES string of the molecule is COc1ccc(NOS(=O)(=O)C(F)(F)F)cc1. The molecular formula is C8H8F3NO4S. The van der Waals surface area contributed by atoms with Crippen LogP contribution in [0, 0.1) is 0 Å². The van der Waals surface area contributed by atoms with Crippen molar-refractivity contribution < 1.29 is 30.6 Å². The molecule has 1 rings (SSSR count). The lowest BCUT2D eigenvalue weighted by Crippen LogP contribution is -2.27. The molecule has 0 unspecified atom stereocenters. The average molecular weight is 271 g/mol. The van der Waals surface area contributed by atoms with Crippen molar-refractivity contribution in [2.45, 2.75) is 5.51 Å². The second-order valence-electron chi connectivity index (χ2n) is 2.81. The molecule has 5 nitrogen and oxygen atoms in total. The third-order valence-electron chi connectivity index (χ3n) is 1.64. The van der Waals surface area contributed by atoms with Crippen molar-refractivity contribution in [3.63, 3.8) is 0 Å². The number of methoxy groups -OCH3 is 1. The van der Waals surface area contributed by atoms with E-state index in [1.165, 1.54) is 31.4 Å². The van der Waals surface area contributed by atoms with Crippen LogP contribution in [0.15, 0.2) is 24.3 Å². The number of hydrogen-bond acceptors (Lipinski definition) is 5. The number of benzene rings is 1. The summed E-state index contributed by atoms with van der Waals surface area (Å²) in [4.78, 5) is 0. The highest BCUT2D eigenvalue weighted by Crippen LogP contribution is 2.25. The monoisotopic (exact) mass is 271 g/mol. The van der Waals surface area contributed by atoms with E-state index < -0.39 is 15.6 Å². The van der Waals surface area contributed by atoms with Crippen LogP contribution in [-0.2, 0) is 14.4 Å². The van der Waals surface area contributed by atoms with E-state index in [4.69, 9.17) is 4.74 Å². The van der Waals surface area contributed by atoms with Gasteiger partial charge in [-0.25, -0.2) is 5.48 Å². The smallest absolute Gasteiger partial charge is 0.497 e. The Hall–Kier alpha value is -1.48. The Kier molecular flexibility index (Phi) is 3.83. The molecule has 1 aromatic carbocycles. The Morgan fingerprint density at radius 3 is 2.12 bits per heavy atom. The lowest BCUT2D eigenvalue weighted by Gasteiger charge is -2.09. The van der Waals surface area contributed by atoms with Gasteiger partial charge < -0.3 is 4.74 Å². The lowest BCUT2D eigenvalue weighted by atomic mass is 10.3. The first-order valence-electron chi connectivity index (χ1n) is 4.16. The molecule has 1 aromatic rings. The Labute approximate surface area is 95.2 Å². The first kappa shape index (κ1) is 13.6. The van der Waals surface area contributed by atoms with Crippen molar-refractivity contribution in [3.8, 4) is 5.75 Å². The van der Waals surface area contributed by atoms with Gasteiger partial charge >= 0.3 is 15.6 Å². The summed E-state index contributed by atoms with van der Waals surface area (Å²) in [6, 6.07) is 5.44. The van der Waals surface area contributed by atoms with E-state index in [-0.39, 0.29) is 5.69 Å². The minimum absolute atomic E-state index is 0.0404. The summed E-state index contributed by atoms with van der Waals surface area (Å²) in [6.07, 6.45) is 0. The molecular weight excluding hydrogens is 263 g/mol. The molecule has 96 valence electrons. The maximum atomic E-state index is 11.9. The number of nitrogens with one attached hydrogen (secondary N) is 1. The molecule has 0 atom stereocenters. The standard InChI is InChI=1S/C8H8F3NO4S/c1-15-7-4-2-6(3-5-7)12-16-17(13,14)8(9,10)11/h2-5,12H,1H3. The molecule has 0 heterocycles. The summed E-state index contributed by atoms with van der Waals surface area (Å²) >= 11 is 0. The number of halogens is 3. The van der Waals surface area contributed by atoms with Crippen molar-refractivity contribution in [2.75, 3.05) is 12.6 Å². The van der Waals surface area contributed by atoms with Gasteiger partial charge in [-0.3, -0.25) is 0 Å². The van der Waals surface area contributed by atoms with E-state index in [0.717, 1.165) is 0 Å². The summed E-state index contributed by atoms with van der Waals surface area (Å²) in [6.45, 7) is 0. The Morgan fingerprint density at radius 1 is 1.18 bits per heavy atom. The Bertz CT molecular complexity index is 469. The van der Waals surface area contributed by atoms with E-state index in [9.17, 15) is 21.6 Å². The molecule has 0 aliphatic heterocycles. The molecule has 0 spiro atoms. The van der Waals surface area contributed by atoms with E-state index in [1.54, 1.807) is 5.48 Å². The minimum atomic E-state index is -5.65. The Morgan fingerprint density at radius 2 is 1.71 bits per heavy atom. The second kappa shape index (κ2) is 4.80. The summed E-state index contributed by atoms with van der Waals surface area (Å²) in [5.74, 6) is 0.467. The van der Waals surface area contributed by atoms with Crippen LogP contribution in [0.4, 0.5) is 18.9 Å². The lowest BCUT2D eigenvalue weighted by molar-refractivity contribution is -0.0526. The fourth-order valence-corrected chi connectivity index (χ4v) is 1.11. The quantitative estimate of drug-likeness (QED) is 0.669. The number of ether oxygens (including phenoxy) is 1. The molecule has 0 aliphatic carbocycles. The van der Waals surface area contributed by atoms with E-state index >= 15 is 0 Å². The highest BCUT2D eigenvalue weighted by molar-refractivity contribution is 7.87. The largest absolute Gasteiger partial charge is 0.525 e. The zero-order valence-corrected chi connectivity index (χ0v) is 9.30. The van der Waals surface area contributed by atoms with E-state index in [2.05, 4.69) is 4.28 Å². The van der Waals surface area contributed by atoms with Crippen LogP contribution < -0.4 is 10.2 Å². The van der Waals surface area contributed by atoms with Crippen LogP contribution in [0.1, 0.15) is 0 Å². The van der Waals surface area contributed by atoms with Crippen LogP contribution in [0.2, 0.25) is 0 Å². The minimum Gasteiger partial charge on any atom is -0.497 e. The van der Waals surface area contributed by atoms with Crippen LogP contribution in [-0.4, -0.2) is 21.0 Å². The predicted octanol–water partition coefficient (Wildman–Crippen LogP) is 1.89. The van der Waals surface area contributed by atoms with Gasteiger partial charge in [-0.2, -0.15) is 21.6 Å². The predicted molar refractivity (Wildman–Crippen MR) is 52.7 cm³/mol. The number of rotatable bonds is 4. The molecule has 0 bridgehead atoms. The number of anilines is 1. The highest BCUT2D eigenvalue weighted by atomic mass is 32.2. The number of alkyl halides is 3. The van der Waals surface area contributed by atoms with Crippen molar-refractivity contribution in [2.24, 2.45) is 0 Å². The molecule has 0 radical (unpaired) electrons. The fraction of sp³-hybridized carbons (Fsp3) is 0.250. The molecule has 1 N–H and O–H groups in total. The molecule has 0 amide bonds. The van der Waals surface area contributed by atoms with Crippen LogP contribution in [0.3, 0.4) is 0 Å². The van der Waals surface area contributed by atoms with Gasteiger partial charge in [0.05, 0.1) is 12.8 Å².